The molecule has 0 unspecified atom stereocenters. The van der Waals surface area contributed by atoms with Crippen LogP contribution in [0.1, 0.15) is 13.3 Å². The van der Waals surface area contributed by atoms with E-state index >= 15 is 0 Å². The number of esters is 1. The van der Waals surface area contributed by atoms with Gasteiger partial charge in [-0.15, -0.1) is 0 Å². The van der Waals surface area contributed by atoms with Crippen LogP contribution in [0.2, 0.25) is 0 Å². The van der Waals surface area contributed by atoms with Gasteiger partial charge >= 0.3 is 5.97 Å². The first-order valence-corrected chi connectivity index (χ1v) is 3.91. The zero-order valence-electron chi connectivity index (χ0n) is 7.24. The maximum Gasteiger partial charge on any atom is 0.352 e. The first-order chi connectivity index (χ1) is 6.29. The average molecular weight is 179 g/mol. The van der Waals surface area contributed by atoms with E-state index in [1.165, 1.54) is 6.26 Å². The summed E-state index contributed by atoms with van der Waals surface area (Å²) >= 11 is 0. The SMILES string of the molecule is CCOC(=O)C(C#N)=C1CC=CO1. The second-order valence-corrected chi connectivity index (χ2v) is 2.32. The minimum atomic E-state index is -0.622. The Balaban J connectivity index is 2.79. The van der Waals surface area contributed by atoms with E-state index in [2.05, 4.69) is 4.74 Å². The first kappa shape index (κ1) is 9.33. The Hall–Kier alpha value is -1.76. The topological polar surface area (TPSA) is 59.3 Å². The van der Waals surface area contributed by atoms with Crippen molar-refractivity contribution < 1.29 is 14.3 Å². The summed E-state index contributed by atoms with van der Waals surface area (Å²) in [6, 6.07) is 1.77. The van der Waals surface area contributed by atoms with Crippen LogP contribution in [0.5, 0.6) is 0 Å². The van der Waals surface area contributed by atoms with E-state index in [0.29, 0.717) is 12.2 Å². The van der Waals surface area contributed by atoms with Gasteiger partial charge in [-0.25, -0.2) is 4.79 Å². The van der Waals surface area contributed by atoms with Gasteiger partial charge in [-0.3, -0.25) is 0 Å². The van der Waals surface area contributed by atoms with Crippen molar-refractivity contribution in [3.63, 3.8) is 0 Å². The molecular weight excluding hydrogens is 170 g/mol. The van der Waals surface area contributed by atoms with E-state index < -0.39 is 5.97 Å². The third-order valence-corrected chi connectivity index (χ3v) is 1.48. The molecule has 0 amide bonds. The van der Waals surface area contributed by atoms with Crippen molar-refractivity contribution in [2.45, 2.75) is 13.3 Å². The van der Waals surface area contributed by atoms with Crippen LogP contribution >= 0.6 is 0 Å². The Kier molecular flexibility index (Phi) is 3.09. The molecule has 1 aliphatic rings. The van der Waals surface area contributed by atoms with E-state index in [0.717, 1.165) is 0 Å². The minimum absolute atomic E-state index is 0.0492. The molecule has 4 nitrogen and oxygen atoms in total. The Labute approximate surface area is 76.1 Å². The van der Waals surface area contributed by atoms with Gasteiger partial charge in [0, 0.05) is 6.42 Å². The summed E-state index contributed by atoms with van der Waals surface area (Å²) in [6.45, 7) is 1.94. The largest absolute Gasteiger partial charge is 0.468 e. The van der Waals surface area contributed by atoms with Crippen LogP contribution in [0.4, 0.5) is 0 Å². The van der Waals surface area contributed by atoms with Crippen LogP contribution in [0.25, 0.3) is 0 Å². The predicted octanol–water partition coefficient (Wildman–Crippen LogP) is 1.26. The number of ether oxygens (including phenoxy) is 2. The molecule has 0 N–H and O–H groups in total. The maximum absolute atomic E-state index is 11.2. The number of allylic oxidation sites excluding steroid dienone is 1. The molecule has 0 atom stereocenters. The lowest BCUT2D eigenvalue weighted by atomic mass is 10.2. The fraction of sp³-hybridized carbons (Fsp3) is 0.333. The van der Waals surface area contributed by atoms with Gasteiger partial charge in [0.05, 0.1) is 12.9 Å². The summed E-state index contributed by atoms with van der Waals surface area (Å²) in [5.74, 6) is -0.260. The molecule has 0 radical (unpaired) electrons. The highest BCUT2D eigenvalue weighted by Gasteiger charge is 2.18. The fourth-order valence-corrected chi connectivity index (χ4v) is 0.920. The molecule has 0 aromatic rings. The van der Waals surface area contributed by atoms with E-state index in [1.54, 1.807) is 19.1 Å². The van der Waals surface area contributed by atoms with Crippen LogP contribution in [-0.2, 0) is 14.3 Å². The van der Waals surface area contributed by atoms with Gasteiger partial charge in [0.2, 0.25) is 0 Å². The standard InChI is InChI=1S/C9H9NO3/c1-2-12-9(11)7(6-10)8-4-3-5-13-8/h3,5H,2,4H2,1H3. The van der Waals surface area contributed by atoms with Crippen molar-refractivity contribution in [2.24, 2.45) is 0 Å². The molecule has 13 heavy (non-hydrogen) atoms. The van der Waals surface area contributed by atoms with Gasteiger partial charge in [0.15, 0.2) is 5.57 Å². The van der Waals surface area contributed by atoms with Crippen molar-refractivity contribution in [1.29, 1.82) is 5.26 Å². The van der Waals surface area contributed by atoms with Crippen LogP contribution in [-0.4, -0.2) is 12.6 Å². The molecule has 0 aromatic heterocycles. The van der Waals surface area contributed by atoms with Gasteiger partial charge in [-0.1, -0.05) is 0 Å². The van der Waals surface area contributed by atoms with E-state index in [1.807, 2.05) is 0 Å². The summed E-state index contributed by atoms with van der Waals surface area (Å²) < 4.78 is 9.63. The van der Waals surface area contributed by atoms with Gasteiger partial charge in [-0.2, -0.15) is 5.26 Å². The van der Waals surface area contributed by atoms with Gasteiger partial charge in [0.25, 0.3) is 0 Å². The zero-order chi connectivity index (χ0) is 9.68. The lowest BCUT2D eigenvalue weighted by Gasteiger charge is -2.02. The number of rotatable bonds is 2. The monoisotopic (exact) mass is 179 g/mol. The molecule has 1 aliphatic heterocycles. The third-order valence-electron chi connectivity index (χ3n) is 1.48. The summed E-state index contributed by atoms with van der Waals surface area (Å²) in [5.41, 5.74) is -0.0492. The van der Waals surface area contributed by atoms with Crippen LogP contribution in [0.15, 0.2) is 23.7 Å². The molecule has 0 saturated heterocycles. The Morgan fingerprint density at radius 1 is 1.85 bits per heavy atom. The first-order valence-electron chi connectivity index (χ1n) is 3.91. The predicted molar refractivity (Wildman–Crippen MR) is 44.1 cm³/mol. The molecule has 0 aromatic carbocycles. The van der Waals surface area contributed by atoms with Crippen molar-refractivity contribution >= 4 is 5.97 Å². The number of carbonyl (C=O) groups excluding carboxylic acids is 1. The molecule has 68 valence electrons. The number of hydrogen-bond donors (Lipinski definition) is 0. The molecule has 1 rings (SSSR count). The van der Waals surface area contributed by atoms with Crippen LogP contribution in [0, 0.1) is 11.3 Å². The summed E-state index contributed by atoms with van der Waals surface area (Å²) in [7, 11) is 0. The van der Waals surface area contributed by atoms with Gasteiger partial charge in [-0.05, 0) is 13.0 Å². The highest BCUT2D eigenvalue weighted by atomic mass is 16.5. The Morgan fingerprint density at radius 2 is 2.62 bits per heavy atom. The van der Waals surface area contributed by atoms with E-state index in [4.69, 9.17) is 10.00 Å². The van der Waals surface area contributed by atoms with E-state index in [9.17, 15) is 4.79 Å². The van der Waals surface area contributed by atoms with Crippen molar-refractivity contribution in [1.82, 2.24) is 0 Å². The number of nitriles is 1. The summed E-state index contributed by atoms with van der Waals surface area (Å²) in [6.07, 6.45) is 3.65. The maximum atomic E-state index is 11.2. The summed E-state index contributed by atoms with van der Waals surface area (Å²) in [5, 5.41) is 8.67. The van der Waals surface area contributed by atoms with Crippen molar-refractivity contribution in [3.05, 3.63) is 23.7 Å². The Morgan fingerprint density at radius 3 is 3.08 bits per heavy atom. The number of nitrogens with zero attached hydrogens (tertiary/aromatic N) is 1. The second kappa shape index (κ2) is 4.31. The summed E-state index contributed by atoms with van der Waals surface area (Å²) in [4.78, 5) is 11.2. The average Bonchev–Trinajstić information content (AvgIpc) is 2.59. The highest BCUT2D eigenvalue weighted by molar-refractivity contribution is 5.93. The fourth-order valence-electron chi connectivity index (χ4n) is 0.920. The smallest absolute Gasteiger partial charge is 0.352 e. The quantitative estimate of drug-likeness (QED) is 0.363. The number of carbonyl (C=O) groups is 1. The third kappa shape index (κ3) is 2.09. The molecule has 4 heteroatoms. The molecule has 0 saturated carbocycles. The zero-order valence-corrected chi connectivity index (χ0v) is 7.24. The molecule has 0 spiro atoms. The Bertz CT molecular complexity index is 299. The van der Waals surface area contributed by atoms with Crippen LogP contribution in [0.3, 0.4) is 0 Å². The normalized spacial score (nSPS) is 17.5. The second-order valence-electron chi connectivity index (χ2n) is 2.32. The molecular formula is C9H9NO3. The number of hydrogen-bond acceptors (Lipinski definition) is 4. The van der Waals surface area contributed by atoms with Crippen molar-refractivity contribution in [2.75, 3.05) is 6.61 Å². The van der Waals surface area contributed by atoms with E-state index in [-0.39, 0.29) is 12.2 Å². The van der Waals surface area contributed by atoms with Gasteiger partial charge in [0.1, 0.15) is 11.8 Å². The highest BCUT2D eigenvalue weighted by Crippen LogP contribution is 2.18. The molecule has 1 heterocycles. The van der Waals surface area contributed by atoms with Crippen LogP contribution < -0.4 is 0 Å². The lowest BCUT2D eigenvalue weighted by Crippen LogP contribution is -2.08. The van der Waals surface area contributed by atoms with Crippen molar-refractivity contribution in [3.8, 4) is 6.07 Å². The molecule has 0 fully saturated rings. The minimum Gasteiger partial charge on any atom is -0.468 e. The molecule has 0 aliphatic carbocycles. The van der Waals surface area contributed by atoms with Gasteiger partial charge < -0.3 is 9.47 Å². The lowest BCUT2D eigenvalue weighted by molar-refractivity contribution is -0.138. The molecule has 0 bridgehead atoms.